The van der Waals surface area contributed by atoms with Crippen molar-refractivity contribution >= 4 is 11.9 Å². The van der Waals surface area contributed by atoms with Crippen LogP contribution >= 0.6 is 0 Å². The van der Waals surface area contributed by atoms with Crippen molar-refractivity contribution in [3.05, 3.63) is 35.6 Å². The zero-order valence-corrected chi connectivity index (χ0v) is 17.2. The number of methoxy groups -OCH3 is 1. The van der Waals surface area contributed by atoms with Crippen LogP contribution in [0.25, 0.3) is 0 Å². The molecule has 1 aromatic rings. The smallest absolute Gasteiger partial charge is 0.234 e. The molecule has 2 N–H and O–H groups in total. The summed E-state index contributed by atoms with van der Waals surface area (Å²) in [7, 11) is 3.39. The quantitative estimate of drug-likeness (QED) is 0.539. The van der Waals surface area contributed by atoms with Crippen molar-refractivity contribution in [3.63, 3.8) is 0 Å². The second-order valence-electron chi connectivity index (χ2n) is 7.19. The fraction of sp³-hybridized carbons (Fsp3) is 0.600. The monoisotopic (exact) mass is 393 g/mol. The molecule has 1 unspecified atom stereocenters. The molecule has 2 rings (SSSR count). The molecule has 0 radical (unpaired) electrons. The standard InChI is InChI=1S/C20H32FN5O2/c1-15(2)24-19(27)14-25-9-11-26(12-10-25)20(22-3)23-13-18(28-4)16-5-7-17(21)8-6-16/h5-8,15,18H,9-14H2,1-4H3,(H,22,23)(H,24,27). The largest absolute Gasteiger partial charge is 0.375 e. The third-order valence-electron chi connectivity index (χ3n) is 4.67. The lowest BCUT2D eigenvalue weighted by molar-refractivity contribution is -0.123. The number of carbonyl (C=O) groups excluding carboxylic acids is 1. The molecule has 8 heteroatoms. The summed E-state index contributed by atoms with van der Waals surface area (Å²) in [6.45, 7) is 8.08. The Morgan fingerprint density at radius 2 is 1.86 bits per heavy atom. The molecule has 1 heterocycles. The van der Waals surface area contributed by atoms with Crippen LogP contribution in [0.3, 0.4) is 0 Å². The summed E-state index contributed by atoms with van der Waals surface area (Å²) in [5.41, 5.74) is 0.910. The van der Waals surface area contributed by atoms with Crippen LogP contribution in [0.5, 0.6) is 0 Å². The van der Waals surface area contributed by atoms with Crippen LogP contribution in [0.4, 0.5) is 4.39 Å². The third kappa shape index (κ3) is 6.76. The van der Waals surface area contributed by atoms with Crippen molar-refractivity contribution in [1.82, 2.24) is 20.4 Å². The molecular formula is C20H32FN5O2. The van der Waals surface area contributed by atoms with Crippen LogP contribution < -0.4 is 10.6 Å². The van der Waals surface area contributed by atoms with E-state index in [1.54, 1.807) is 26.3 Å². The van der Waals surface area contributed by atoms with Gasteiger partial charge < -0.3 is 20.3 Å². The van der Waals surface area contributed by atoms with Crippen molar-refractivity contribution < 1.29 is 13.9 Å². The van der Waals surface area contributed by atoms with Gasteiger partial charge in [-0.1, -0.05) is 12.1 Å². The molecule has 1 aliphatic heterocycles. The lowest BCUT2D eigenvalue weighted by atomic mass is 10.1. The van der Waals surface area contributed by atoms with E-state index in [0.717, 1.165) is 37.7 Å². The summed E-state index contributed by atoms with van der Waals surface area (Å²) in [5, 5.41) is 6.27. The number of benzene rings is 1. The van der Waals surface area contributed by atoms with Gasteiger partial charge in [0.15, 0.2) is 5.96 Å². The fourth-order valence-electron chi connectivity index (χ4n) is 3.22. The zero-order valence-electron chi connectivity index (χ0n) is 17.2. The van der Waals surface area contributed by atoms with Crippen molar-refractivity contribution in [2.75, 3.05) is 53.4 Å². The Labute approximate surface area is 166 Å². The van der Waals surface area contributed by atoms with Gasteiger partial charge >= 0.3 is 0 Å². The number of carbonyl (C=O) groups is 1. The predicted molar refractivity (Wildman–Crippen MR) is 109 cm³/mol. The normalized spacial score (nSPS) is 16.9. The number of hydrogen-bond acceptors (Lipinski definition) is 4. The number of nitrogens with zero attached hydrogens (tertiary/aromatic N) is 3. The SMILES string of the molecule is CN=C(NCC(OC)c1ccc(F)cc1)N1CCN(CC(=O)NC(C)C)CC1. The van der Waals surface area contributed by atoms with Gasteiger partial charge in [-0.2, -0.15) is 0 Å². The Bertz CT molecular complexity index is 643. The number of piperazine rings is 1. The van der Waals surface area contributed by atoms with Gasteiger partial charge in [0.25, 0.3) is 0 Å². The fourth-order valence-corrected chi connectivity index (χ4v) is 3.22. The average Bonchev–Trinajstić information content (AvgIpc) is 2.66. The number of aliphatic imine (C=N–C) groups is 1. The molecule has 0 saturated carbocycles. The zero-order chi connectivity index (χ0) is 20.5. The number of amides is 1. The molecule has 0 aliphatic carbocycles. The molecule has 1 amide bonds. The first-order valence-corrected chi connectivity index (χ1v) is 9.68. The number of halogens is 1. The molecule has 1 saturated heterocycles. The van der Waals surface area contributed by atoms with Gasteiger partial charge in [0.1, 0.15) is 5.82 Å². The van der Waals surface area contributed by atoms with E-state index in [1.165, 1.54) is 12.1 Å². The minimum atomic E-state index is -0.262. The Morgan fingerprint density at radius 1 is 1.21 bits per heavy atom. The molecule has 156 valence electrons. The molecule has 1 atom stereocenters. The highest BCUT2D eigenvalue weighted by Crippen LogP contribution is 2.16. The van der Waals surface area contributed by atoms with Gasteiger partial charge in [-0.25, -0.2) is 4.39 Å². The molecule has 28 heavy (non-hydrogen) atoms. The van der Waals surface area contributed by atoms with Crippen LogP contribution in [0.15, 0.2) is 29.3 Å². The second kappa shape index (κ2) is 11.0. The summed E-state index contributed by atoms with van der Waals surface area (Å²) in [4.78, 5) is 20.6. The lowest BCUT2D eigenvalue weighted by Crippen LogP contribution is -2.54. The Hall–Kier alpha value is -2.19. The molecule has 0 spiro atoms. The summed E-state index contributed by atoms with van der Waals surface area (Å²) < 4.78 is 18.7. The van der Waals surface area contributed by atoms with E-state index < -0.39 is 0 Å². The minimum Gasteiger partial charge on any atom is -0.375 e. The number of guanidine groups is 1. The van der Waals surface area contributed by atoms with Crippen LogP contribution in [0.2, 0.25) is 0 Å². The lowest BCUT2D eigenvalue weighted by Gasteiger charge is -2.36. The average molecular weight is 394 g/mol. The summed E-state index contributed by atoms with van der Waals surface area (Å²) in [5.74, 6) is 0.603. The number of rotatable bonds is 7. The number of ether oxygens (including phenoxy) is 1. The molecule has 1 aromatic carbocycles. The molecular weight excluding hydrogens is 361 g/mol. The number of nitrogens with one attached hydrogen (secondary N) is 2. The van der Waals surface area contributed by atoms with E-state index in [1.807, 2.05) is 13.8 Å². The maximum Gasteiger partial charge on any atom is 0.234 e. The van der Waals surface area contributed by atoms with Crippen molar-refractivity contribution in [2.24, 2.45) is 4.99 Å². The summed E-state index contributed by atoms with van der Waals surface area (Å²) >= 11 is 0. The van der Waals surface area contributed by atoms with Gasteiger partial charge in [-0.15, -0.1) is 0 Å². The van der Waals surface area contributed by atoms with Gasteiger partial charge in [0, 0.05) is 52.9 Å². The maximum atomic E-state index is 13.1. The maximum absolute atomic E-state index is 13.1. The van der Waals surface area contributed by atoms with E-state index in [9.17, 15) is 9.18 Å². The highest BCUT2D eigenvalue weighted by Gasteiger charge is 2.22. The third-order valence-corrected chi connectivity index (χ3v) is 4.67. The van der Waals surface area contributed by atoms with Gasteiger partial charge in [0.05, 0.1) is 12.6 Å². The molecule has 0 aromatic heterocycles. The van der Waals surface area contributed by atoms with E-state index in [2.05, 4.69) is 25.4 Å². The molecule has 1 aliphatic rings. The molecule has 7 nitrogen and oxygen atoms in total. The Kier molecular flexibility index (Phi) is 8.66. The molecule has 1 fully saturated rings. The van der Waals surface area contributed by atoms with Crippen molar-refractivity contribution in [1.29, 1.82) is 0 Å². The topological polar surface area (TPSA) is 69.2 Å². The van der Waals surface area contributed by atoms with Crippen LogP contribution in [-0.2, 0) is 9.53 Å². The van der Waals surface area contributed by atoms with E-state index in [0.29, 0.717) is 13.1 Å². The summed E-state index contributed by atoms with van der Waals surface area (Å²) in [6.07, 6.45) is -0.196. The van der Waals surface area contributed by atoms with E-state index >= 15 is 0 Å². The first-order valence-electron chi connectivity index (χ1n) is 9.68. The minimum absolute atomic E-state index is 0.0631. The second-order valence-corrected chi connectivity index (χ2v) is 7.19. The highest BCUT2D eigenvalue weighted by atomic mass is 19.1. The van der Waals surface area contributed by atoms with Crippen molar-refractivity contribution in [2.45, 2.75) is 26.0 Å². The summed E-state index contributed by atoms with van der Waals surface area (Å²) in [6, 6.07) is 6.49. The highest BCUT2D eigenvalue weighted by molar-refractivity contribution is 5.80. The Balaban J connectivity index is 1.82. The van der Waals surface area contributed by atoms with Gasteiger partial charge in [0.2, 0.25) is 5.91 Å². The van der Waals surface area contributed by atoms with E-state index in [-0.39, 0.29) is 23.9 Å². The van der Waals surface area contributed by atoms with Gasteiger partial charge in [-0.05, 0) is 31.5 Å². The van der Waals surface area contributed by atoms with Crippen LogP contribution in [-0.4, -0.2) is 81.1 Å². The first kappa shape index (κ1) is 22.1. The predicted octanol–water partition coefficient (Wildman–Crippen LogP) is 1.23. The van der Waals surface area contributed by atoms with Crippen molar-refractivity contribution in [3.8, 4) is 0 Å². The molecule has 0 bridgehead atoms. The first-order chi connectivity index (χ1) is 13.4. The Morgan fingerprint density at radius 3 is 2.39 bits per heavy atom. The van der Waals surface area contributed by atoms with Gasteiger partial charge in [-0.3, -0.25) is 14.7 Å². The van der Waals surface area contributed by atoms with Crippen LogP contribution in [0.1, 0.15) is 25.5 Å². The number of hydrogen-bond donors (Lipinski definition) is 2. The van der Waals surface area contributed by atoms with Crippen LogP contribution in [0, 0.1) is 5.82 Å². The van der Waals surface area contributed by atoms with E-state index in [4.69, 9.17) is 4.74 Å².